The summed E-state index contributed by atoms with van der Waals surface area (Å²) >= 11 is 11.7. The third kappa shape index (κ3) is 6.02. The van der Waals surface area contributed by atoms with Crippen LogP contribution in [0.3, 0.4) is 0 Å². The summed E-state index contributed by atoms with van der Waals surface area (Å²) in [5.41, 5.74) is 3.93. The molecule has 2 aromatic rings. The van der Waals surface area contributed by atoms with Gasteiger partial charge in [-0.15, -0.1) is 0 Å². The lowest BCUT2D eigenvalue weighted by Gasteiger charge is -2.04. The van der Waals surface area contributed by atoms with E-state index in [1.165, 1.54) is 6.21 Å². The van der Waals surface area contributed by atoms with Crippen molar-refractivity contribution in [2.75, 3.05) is 0 Å². The van der Waals surface area contributed by atoms with E-state index >= 15 is 0 Å². The van der Waals surface area contributed by atoms with Crippen molar-refractivity contribution in [3.05, 3.63) is 69.7 Å². The number of hydrogen-bond acceptors (Lipinski definition) is 3. The highest BCUT2D eigenvalue weighted by Gasteiger charge is 2.08. The van der Waals surface area contributed by atoms with E-state index in [9.17, 15) is 9.59 Å². The average molecular weight is 364 g/mol. The lowest BCUT2D eigenvalue weighted by atomic mass is 10.2. The molecule has 7 heteroatoms. The highest BCUT2D eigenvalue weighted by molar-refractivity contribution is 6.42. The number of carbonyl (C=O) groups is 2. The van der Waals surface area contributed by atoms with E-state index in [2.05, 4.69) is 15.8 Å². The maximum Gasteiger partial charge on any atom is 0.249 e. The number of halogens is 2. The van der Waals surface area contributed by atoms with Crippen LogP contribution in [0.2, 0.25) is 10.0 Å². The summed E-state index contributed by atoms with van der Waals surface area (Å²) in [6.45, 7) is 0.374. The summed E-state index contributed by atoms with van der Waals surface area (Å²) < 4.78 is 0. The zero-order chi connectivity index (χ0) is 17.4. The van der Waals surface area contributed by atoms with E-state index in [4.69, 9.17) is 23.2 Å². The van der Waals surface area contributed by atoms with Crippen molar-refractivity contribution >= 4 is 41.2 Å². The van der Waals surface area contributed by atoms with Crippen molar-refractivity contribution in [2.45, 2.75) is 13.0 Å². The smallest absolute Gasteiger partial charge is 0.249 e. The van der Waals surface area contributed by atoms with E-state index in [-0.39, 0.29) is 12.3 Å². The second kappa shape index (κ2) is 9.05. The molecule has 0 saturated carbocycles. The molecular weight excluding hydrogens is 349 g/mol. The topological polar surface area (TPSA) is 70.6 Å². The Hall–Kier alpha value is -2.37. The summed E-state index contributed by atoms with van der Waals surface area (Å²) in [7, 11) is 0. The fourth-order valence-corrected chi connectivity index (χ4v) is 2.12. The van der Waals surface area contributed by atoms with Crippen LogP contribution in [0.1, 0.15) is 17.5 Å². The van der Waals surface area contributed by atoms with Gasteiger partial charge in [-0.2, -0.15) is 5.10 Å². The first kappa shape index (κ1) is 18.0. The predicted octanol–water partition coefficient (Wildman–Crippen LogP) is 3.15. The monoisotopic (exact) mass is 363 g/mol. The van der Waals surface area contributed by atoms with Gasteiger partial charge in [0, 0.05) is 6.54 Å². The summed E-state index contributed by atoms with van der Waals surface area (Å²) in [5.74, 6) is -0.877. The Balaban J connectivity index is 1.75. The van der Waals surface area contributed by atoms with Crippen LogP contribution in [0.25, 0.3) is 0 Å². The molecule has 0 heterocycles. The van der Waals surface area contributed by atoms with Crippen molar-refractivity contribution in [2.24, 2.45) is 5.10 Å². The molecule has 0 atom stereocenters. The Morgan fingerprint density at radius 2 is 1.75 bits per heavy atom. The Kier molecular flexibility index (Phi) is 6.78. The van der Waals surface area contributed by atoms with Gasteiger partial charge in [-0.1, -0.05) is 59.6 Å². The van der Waals surface area contributed by atoms with Gasteiger partial charge in [0.15, 0.2) is 0 Å². The van der Waals surface area contributed by atoms with Gasteiger partial charge in [-0.3, -0.25) is 9.59 Å². The van der Waals surface area contributed by atoms with E-state index < -0.39 is 5.91 Å². The van der Waals surface area contributed by atoms with E-state index in [1.807, 2.05) is 30.3 Å². The Bertz CT molecular complexity index is 749. The summed E-state index contributed by atoms with van der Waals surface area (Å²) in [6, 6.07) is 14.4. The lowest BCUT2D eigenvalue weighted by molar-refractivity contribution is -0.129. The molecule has 0 aliphatic carbocycles. The number of nitrogens with zero attached hydrogens (tertiary/aromatic N) is 1. The fraction of sp³-hybridized carbons (Fsp3) is 0.118. The maximum absolute atomic E-state index is 11.7. The number of carbonyl (C=O) groups excluding carboxylic acids is 2. The normalized spacial score (nSPS) is 10.6. The van der Waals surface area contributed by atoms with Gasteiger partial charge in [-0.05, 0) is 23.3 Å². The molecule has 124 valence electrons. The summed E-state index contributed by atoms with van der Waals surface area (Å²) in [4.78, 5) is 23.3. The molecule has 0 aromatic heterocycles. The van der Waals surface area contributed by atoms with Crippen molar-refractivity contribution < 1.29 is 9.59 Å². The van der Waals surface area contributed by atoms with Crippen LogP contribution in [-0.4, -0.2) is 18.0 Å². The largest absolute Gasteiger partial charge is 0.352 e. The lowest BCUT2D eigenvalue weighted by Crippen LogP contribution is -2.29. The molecule has 2 rings (SSSR count). The third-order valence-corrected chi connectivity index (χ3v) is 3.74. The van der Waals surface area contributed by atoms with Crippen molar-refractivity contribution in [1.29, 1.82) is 0 Å². The van der Waals surface area contributed by atoms with Crippen LogP contribution in [0.5, 0.6) is 0 Å². The first-order valence-corrected chi connectivity index (χ1v) is 7.88. The van der Waals surface area contributed by atoms with Crippen LogP contribution >= 0.6 is 23.2 Å². The van der Waals surface area contributed by atoms with Crippen molar-refractivity contribution in [3.8, 4) is 0 Å². The maximum atomic E-state index is 11.7. The molecule has 24 heavy (non-hydrogen) atoms. The van der Waals surface area contributed by atoms with Gasteiger partial charge in [0.2, 0.25) is 11.8 Å². The Labute approximate surface area is 149 Å². The Morgan fingerprint density at radius 3 is 2.46 bits per heavy atom. The third-order valence-electron chi connectivity index (χ3n) is 3.00. The molecule has 2 amide bonds. The minimum absolute atomic E-state index is 0.300. The SMILES string of the molecule is O=C(CC(=O)N/N=C\c1ccc(Cl)c(Cl)c1)NCc1ccccc1. The van der Waals surface area contributed by atoms with Crippen LogP contribution in [0.15, 0.2) is 53.6 Å². The van der Waals surface area contributed by atoms with Crippen molar-refractivity contribution in [1.82, 2.24) is 10.7 Å². The van der Waals surface area contributed by atoms with Crippen LogP contribution in [0, 0.1) is 0 Å². The summed E-state index contributed by atoms with van der Waals surface area (Å²) in [6.07, 6.45) is 1.12. The first-order chi connectivity index (χ1) is 11.5. The molecule has 0 fully saturated rings. The number of hydrazone groups is 1. The van der Waals surface area contributed by atoms with Crippen LogP contribution in [-0.2, 0) is 16.1 Å². The molecule has 0 aliphatic rings. The molecular formula is C17H15Cl2N3O2. The van der Waals surface area contributed by atoms with Gasteiger partial charge >= 0.3 is 0 Å². The van der Waals surface area contributed by atoms with Crippen LogP contribution < -0.4 is 10.7 Å². The first-order valence-electron chi connectivity index (χ1n) is 7.12. The van der Waals surface area contributed by atoms with Gasteiger partial charge in [0.05, 0.1) is 16.3 Å². The fourth-order valence-electron chi connectivity index (χ4n) is 1.82. The van der Waals surface area contributed by atoms with E-state index in [1.54, 1.807) is 18.2 Å². The van der Waals surface area contributed by atoms with Gasteiger partial charge in [0.25, 0.3) is 0 Å². The predicted molar refractivity (Wildman–Crippen MR) is 95.1 cm³/mol. The molecule has 2 aromatic carbocycles. The zero-order valence-corrected chi connectivity index (χ0v) is 14.1. The molecule has 2 N–H and O–H groups in total. The number of nitrogens with one attached hydrogen (secondary N) is 2. The molecule has 0 bridgehead atoms. The Morgan fingerprint density at radius 1 is 1.00 bits per heavy atom. The highest BCUT2D eigenvalue weighted by Crippen LogP contribution is 2.21. The van der Waals surface area contributed by atoms with Gasteiger partial charge in [0.1, 0.15) is 6.42 Å². The zero-order valence-electron chi connectivity index (χ0n) is 12.6. The number of hydrogen-bond donors (Lipinski definition) is 2. The molecule has 0 aliphatic heterocycles. The van der Waals surface area contributed by atoms with Gasteiger partial charge < -0.3 is 5.32 Å². The number of rotatable bonds is 6. The van der Waals surface area contributed by atoms with E-state index in [0.29, 0.717) is 22.2 Å². The van der Waals surface area contributed by atoms with Crippen LogP contribution in [0.4, 0.5) is 0 Å². The molecule has 0 saturated heterocycles. The molecule has 0 unspecified atom stereocenters. The highest BCUT2D eigenvalue weighted by atomic mass is 35.5. The van der Waals surface area contributed by atoms with E-state index in [0.717, 1.165) is 5.56 Å². The second-order valence-corrected chi connectivity index (χ2v) is 5.72. The second-order valence-electron chi connectivity index (χ2n) is 4.91. The number of amides is 2. The standard InChI is InChI=1S/C17H15Cl2N3O2/c18-14-7-6-13(8-15(14)19)11-21-22-17(24)9-16(23)20-10-12-4-2-1-3-5-12/h1-8,11H,9-10H2,(H,20,23)(H,22,24)/b21-11-. The minimum atomic E-state index is -0.503. The summed E-state index contributed by atoms with van der Waals surface area (Å²) in [5, 5.41) is 7.28. The number of benzene rings is 2. The molecule has 5 nitrogen and oxygen atoms in total. The molecule has 0 spiro atoms. The quantitative estimate of drug-likeness (QED) is 0.470. The van der Waals surface area contributed by atoms with Gasteiger partial charge in [-0.25, -0.2) is 5.43 Å². The minimum Gasteiger partial charge on any atom is -0.352 e. The average Bonchev–Trinajstić information content (AvgIpc) is 2.57. The van der Waals surface area contributed by atoms with Crippen molar-refractivity contribution in [3.63, 3.8) is 0 Å². The molecule has 0 radical (unpaired) electrons.